The van der Waals surface area contributed by atoms with Crippen LogP contribution in [0.3, 0.4) is 0 Å². The Morgan fingerprint density at radius 1 is 0.407 bits per heavy atom. The summed E-state index contributed by atoms with van der Waals surface area (Å²) in [6.07, 6.45) is 6.29. The van der Waals surface area contributed by atoms with Crippen LogP contribution in [0.5, 0.6) is 0 Å². The van der Waals surface area contributed by atoms with Crippen molar-refractivity contribution >= 4 is 11.6 Å². The van der Waals surface area contributed by atoms with E-state index in [1.807, 2.05) is 37.5 Å². The van der Waals surface area contributed by atoms with Gasteiger partial charge in [0.1, 0.15) is 11.1 Å². The number of amides is 1. The third kappa shape index (κ3) is 9.55. The number of rotatable bonds is 12. The summed E-state index contributed by atoms with van der Waals surface area (Å²) in [5.74, 6) is 0.135. The summed E-state index contributed by atoms with van der Waals surface area (Å²) < 4.78 is 0. The van der Waals surface area contributed by atoms with Crippen LogP contribution in [0.25, 0.3) is 66.8 Å². The van der Waals surface area contributed by atoms with Crippen LogP contribution in [-0.4, -0.2) is 26.0 Å². The molecule has 2 aliphatic heterocycles. The van der Waals surface area contributed by atoms with Gasteiger partial charge in [0.05, 0.1) is 20.1 Å². The highest BCUT2D eigenvalue weighted by molar-refractivity contribution is 5.91. The van der Waals surface area contributed by atoms with Gasteiger partial charge in [-0.3, -0.25) is 0 Å². The summed E-state index contributed by atoms with van der Waals surface area (Å²) >= 11 is 0. The Morgan fingerprint density at radius 2 is 0.716 bits per heavy atom. The third-order valence-corrected chi connectivity index (χ3v) is 18.5. The van der Waals surface area contributed by atoms with E-state index in [1.54, 1.807) is 10.2 Å². The minimum absolute atomic E-state index is 0.0168. The van der Waals surface area contributed by atoms with Gasteiger partial charge >= 0.3 is 5.91 Å². The van der Waals surface area contributed by atoms with Crippen LogP contribution >= 0.6 is 0 Å². The normalized spacial score (nSPS) is 18.5. The zero-order valence-corrected chi connectivity index (χ0v) is 46.7. The van der Waals surface area contributed by atoms with E-state index in [2.05, 4.69) is 262 Å². The molecule has 1 aromatic heterocycles. The molecule has 0 spiro atoms. The predicted octanol–water partition coefficient (Wildman–Crippen LogP) is 14.8. The van der Waals surface area contributed by atoms with Crippen molar-refractivity contribution in [3.05, 3.63) is 312 Å². The third-order valence-electron chi connectivity index (χ3n) is 18.5. The van der Waals surface area contributed by atoms with Crippen molar-refractivity contribution in [1.29, 1.82) is 0 Å². The number of H-pyrrole nitrogens is 1. The highest BCUT2D eigenvalue weighted by Gasteiger charge is 2.48. The van der Waals surface area contributed by atoms with E-state index in [-0.39, 0.29) is 11.3 Å². The average molecular weight is 1050 g/mol. The predicted molar refractivity (Wildman–Crippen MR) is 331 cm³/mol. The number of piperidine rings is 1. The van der Waals surface area contributed by atoms with Gasteiger partial charge in [-0.05, 0) is 127 Å². The van der Waals surface area contributed by atoms with Gasteiger partial charge in [-0.2, -0.15) is 0 Å². The maximum Gasteiger partial charge on any atom is 0.330 e. The van der Waals surface area contributed by atoms with Gasteiger partial charge in [0.15, 0.2) is 12.4 Å². The lowest BCUT2D eigenvalue weighted by atomic mass is 9.68. The molecule has 0 bridgehead atoms. The molecule has 3 heterocycles. The lowest BCUT2D eigenvalue weighted by Gasteiger charge is -2.40. The highest BCUT2D eigenvalue weighted by atomic mass is 16.2. The highest BCUT2D eigenvalue weighted by Crippen LogP contribution is 2.44. The molecular weight excluding hydrogens is 983 g/mol. The van der Waals surface area contributed by atoms with Crippen molar-refractivity contribution in [1.82, 2.24) is 0 Å². The van der Waals surface area contributed by atoms with E-state index in [9.17, 15) is 4.79 Å². The van der Waals surface area contributed by atoms with Gasteiger partial charge in [-0.15, -0.1) is 0 Å². The number of para-hydroxylation sites is 1. The van der Waals surface area contributed by atoms with Crippen LogP contribution in [-0.2, 0) is 21.0 Å². The largest absolute Gasteiger partial charge is 0.337 e. The molecule has 4 nitrogen and oxygen atoms in total. The van der Waals surface area contributed by atoms with Gasteiger partial charge in [-0.1, -0.05) is 242 Å². The summed E-state index contributed by atoms with van der Waals surface area (Å²) in [5, 5.41) is 1.78. The molecule has 0 saturated carbocycles. The Bertz CT molecular complexity index is 4000. The quantitative estimate of drug-likeness (QED) is 0.118. The van der Waals surface area contributed by atoms with Crippen molar-refractivity contribution in [2.45, 2.75) is 49.9 Å². The molecule has 13 rings (SSSR count). The molecule has 10 aromatic carbocycles. The standard InChI is InChI=1S/C77H65N3O/c1-53-9-11-54(12-10-53)55-13-15-59(16-14-55)64-31-41-70(42-32-64)77(47-51-80(4)52-48-77)71-43-33-65(34-44-71)60-23-21-57(22-24-60)62-27-37-67(38-28-62)75(2,69-45-49-78-50-46-69)66-35-25-61(26-36-66)56-17-19-58(20-18-56)63-29-39-68(40-30-63)76(3)72-7-5-6-8-73(72)79-74(76)81/h5-46,49-50H,47-48,51-52H2,1-4H3,(H,79,81)/p+3. The van der Waals surface area contributed by atoms with Crippen LogP contribution in [0.1, 0.15) is 71.2 Å². The monoisotopic (exact) mass is 1050 g/mol. The number of likely N-dealkylation sites (tertiary alicyclic amines) is 1. The first-order valence-electron chi connectivity index (χ1n) is 28.7. The number of aromatic amines is 1. The second-order valence-electron chi connectivity index (χ2n) is 23.2. The fourth-order valence-corrected chi connectivity index (χ4v) is 13.1. The van der Waals surface area contributed by atoms with E-state index in [0.717, 1.165) is 59.4 Å². The maximum atomic E-state index is 13.3. The zero-order valence-electron chi connectivity index (χ0n) is 46.7. The summed E-state index contributed by atoms with van der Waals surface area (Å²) in [5.41, 5.74) is 24.2. The van der Waals surface area contributed by atoms with Crippen LogP contribution in [0.4, 0.5) is 5.69 Å². The van der Waals surface area contributed by atoms with E-state index < -0.39 is 10.8 Å². The summed E-state index contributed by atoms with van der Waals surface area (Å²) in [6.45, 7) is 8.82. The molecular formula is C77H68N3O+3. The maximum absolute atomic E-state index is 13.3. The Hall–Kier alpha value is -9.06. The SMILES string of the molecule is Cc1ccc(-c2ccc(-c3ccc(C4(c5ccc(-c6ccc(-c7ccc(C(C)(c8cc[nH+]cc8)c8ccc(-c9ccc(-c%10ccc(C%11(C)C(=O)[NH2+]c%12ccccc%12%11)cc%10)cc9)cc8)cc7)cc6)cc5)CC[NH+](C)CC4)cc3)cc2)cc1. The van der Waals surface area contributed by atoms with E-state index in [1.165, 1.54) is 83.5 Å². The van der Waals surface area contributed by atoms with Gasteiger partial charge in [-0.25, -0.2) is 15.1 Å². The average Bonchev–Trinajstić information content (AvgIpc) is 4.02. The van der Waals surface area contributed by atoms with Crippen molar-refractivity contribution < 1.29 is 20.0 Å². The second-order valence-corrected chi connectivity index (χ2v) is 23.2. The lowest BCUT2D eigenvalue weighted by Crippen LogP contribution is -3.10. The Balaban J connectivity index is 0.698. The lowest BCUT2D eigenvalue weighted by molar-refractivity contribution is -0.886. The Labute approximate surface area is 477 Å². The van der Waals surface area contributed by atoms with E-state index in [4.69, 9.17) is 0 Å². The molecule has 2 aliphatic rings. The minimum atomic E-state index is -0.666. The number of benzene rings is 10. The molecule has 81 heavy (non-hydrogen) atoms. The number of pyridine rings is 1. The van der Waals surface area contributed by atoms with Crippen molar-refractivity contribution in [2.24, 2.45) is 0 Å². The van der Waals surface area contributed by atoms with Crippen LogP contribution < -0.4 is 15.2 Å². The summed E-state index contributed by atoms with van der Waals surface area (Å²) in [6, 6.07) is 93.8. The van der Waals surface area contributed by atoms with Crippen LogP contribution in [0.15, 0.2) is 267 Å². The molecule has 1 amide bonds. The first-order valence-corrected chi connectivity index (χ1v) is 28.7. The van der Waals surface area contributed by atoms with E-state index >= 15 is 0 Å². The molecule has 0 aliphatic carbocycles. The molecule has 394 valence electrons. The summed E-state index contributed by atoms with van der Waals surface area (Å²) in [4.78, 5) is 18.1. The Kier molecular flexibility index (Phi) is 13.4. The second kappa shape index (κ2) is 21.2. The van der Waals surface area contributed by atoms with Crippen LogP contribution in [0.2, 0.25) is 0 Å². The fourth-order valence-electron chi connectivity index (χ4n) is 13.1. The first-order chi connectivity index (χ1) is 39.5. The molecule has 11 aromatic rings. The smallest absolute Gasteiger partial charge is 0.330 e. The number of quaternary nitrogens is 2. The number of hydrogen-bond donors (Lipinski definition) is 2. The van der Waals surface area contributed by atoms with Gasteiger partial charge in [0.25, 0.3) is 0 Å². The zero-order chi connectivity index (χ0) is 55.1. The molecule has 0 radical (unpaired) electrons. The molecule has 2 unspecified atom stereocenters. The number of nitrogens with one attached hydrogen (secondary N) is 2. The van der Waals surface area contributed by atoms with Gasteiger partial charge in [0.2, 0.25) is 0 Å². The molecule has 2 atom stereocenters. The van der Waals surface area contributed by atoms with Gasteiger partial charge in [0, 0.05) is 41.4 Å². The van der Waals surface area contributed by atoms with Gasteiger partial charge < -0.3 is 4.90 Å². The number of nitrogens with two attached hydrogens (primary N) is 1. The van der Waals surface area contributed by atoms with Crippen molar-refractivity contribution in [3.63, 3.8) is 0 Å². The number of aromatic nitrogens is 1. The van der Waals surface area contributed by atoms with E-state index in [0.29, 0.717) is 0 Å². The minimum Gasteiger partial charge on any atom is -0.337 e. The van der Waals surface area contributed by atoms with Crippen molar-refractivity contribution in [3.8, 4) is 66.8 Å². The number of carbonyl (C=O) groups excluding carboxylic acids is 1. The van der Waals surface area contributed by atoms with Crippen LogP contribution in [0, 0.1) is 6.92 Å². The molecule has 1 saturated heterocycles. The molecule has 4 N–H and O–H groups in total. The first kappa shape index (κ1) is 51.4. The molecule has 4 heteroatoms. The number of hydrogen-bond acceptors (Lipinski definition) is 1. The number of aryl methyl sites for hydroxylation is 1. The molecule has 1 fully saturated rings. The number of carbonyl (C=O) groups is 1. The number of fused-ring (bicyclic) bond motifs is 1. The topological polar surface area (TPSA) is 52.3 Å². The number of primary amides is 1. The Morgan fingerprint density at radius 3 is 1.10 bits per heavy atom. The summed E-state index contributed by atoms with van der Waals surface area (Å²) in [7, 11) is 2.33. The van der Waals surface area contributed by atoms with Crippen molar-refractivity contribution in [2.75, 3.05) is 20.1 Å². The fraction of sp³-hybridized carbons (Fsp3) is 0.143.